The minimum atomic E-state index is -0.0656. The van der Waals surface area contributed by atoms with Crippen molar-refractivity contribution in [3.05, 3.63) is 76.2 Å². The summed E-state index contributed by atoms with van der Waals surface area (Å²) in [6.07, 6.45) is 7.96. The lowest BCUT2D eigenvalue weighted by molar-refractivity contribution is 0.242. The van der Waals surface area contributed by atoms with Crippen molar-refractivity contribution < 1.29 is 0 Å². The molecule has 0 amide bonds. The summed E-state index contributed by atoms with van der Waals surface area (Å²) in [5, 5.41) is 1.13. The Morgan fingerprint density at radius 3 is 3.00 bits per heavy atom. The predicted octanol–water partition coefficient (Wildman–Crippen LogP) is 2.27. The second kappa shape index (κ2) is 6.44. The van der Waals surface area contributed by atoms with Gasteiger partial charge < -0.3 is 9.97 Å². The van der Waals surface area contributed by atoms with Crippen molar-refractivity contribution >= 4 is 11.0 Å². The van der Waals surface area contributed by atoms with E-state index in [2.05, 4.69) is 35.9 Å². The van der Waals surface area contributed by atoms with Crippen LogP contribution in [-0.4, -0.2) is 36.4 Å². The van der Waals surface area contributed by atoms with Crippen molar-refractivity contribution in [3.63, 3.8) is 0 Å². The highest BCUT2D eigenvalue weighted by atomic mass is 16.1. The Labute approximate surface area is 155 Å². The molecule has 0 aliphatic carbocycles. The fourth-order valence-corrected chi connectivity index (χ4v) is 3.64. The van der Waals surface area contributed by atoms with Crippen LogP contribution in [0.25, 0.3) is 22.4 Å². The summed E-state index contributed by atoms with van der Waals surface area (Å²) in [6, 6.07) is 7.75. The Morgan fingerprint density at radius 1 is 1.19 bits per heavy atom. The number of H-pyrrole nitrogens is 2. The van der Waals surface area contributed by atoms with E-state index in [1.165, 1.54) is 5.56 Å². The van der Waals surface area contributed by atoms with Crippen molar-refractivity contribution in [1.29, 1.82) is 0 Å². The lowest BCUT2D eigenvalue weighted by Gasteiger charge is -2.27. The van der Waals surface area contributed by atoms with Gasteiger partial charge in [-0.1, -0.05) is 0 Å². The first kappa shape index (κ1) is 15.9. The van der Waals surface area contributed by atoms with Crippen molar-refractivity contribution in [1.82, 2.24) is 29.8 Å². The van der Waals surface area contributed by atoms with Gasteiger partial charge in [0.1, 0.15) is 11.5 Å². The molecular formula is C20H18N6O. The van der Waals surface area contributed by atoms with Crippen molar-refractivity contribution in [2.45, 2.75) is 19.5 Å². The number of pyridine rings is 2. The van der Waals surface area contributed by atoms with Gasteiger partial charge in [-0.3, -0.25) is 14.7 Å². The Bertz CT molecular complexity index is 1160. The molecule has 27 heavy (non-hydrogen) atoms. The fourth-order valence-electron chi connectivity index (χ4n) is 3.64. The lowest BCUT2D eigenvalue weighted by Crippen LogP contribution is -2.35. The summed E-state index contributed by atoms with van der Waals surface area (Å²) in [4.78, 5) is 34.2. The van der Waals surface area contributed by atoms with E-state index < -0.39 is 0 Å². The molecule has 0 unspecified atom stereocenters. The van der Waals surface area contributed by atoms with Crippen LogP contribution in [0.15, 0.2) is 53.8 Å². The first-order chi connectivity index (χ1) is 13.3. The van der Waals surface area contributed by atoms with E-state index in [4.69, 9.17) is 0 Å². The summed E-state index contributed by atoms with van der Waals surface area (Å²) >= 11 is 0. The molecule has 0 radical (unpaired) electrons. The van der Waals surface area contributed by atoms with Gasteiger partial charge >= 0.3 is 0 Å². The SMILES string of the molecule is O=c1[nH]c(-c2cccnc2)nc2c1CN(Cc1c[nH]c3ncccc13)CC2. The average Bonchev–Trinajstić information content (AvgIpc) is 3.12. The van der Waals surface area contributed by atoms with Gasteiger partial charge in [0.2, 0.25) is 0 Å². The minimum Gasteiger partial charge on any atom is -0.346 e. The first-order valence-electron chi connectivity index (χ1n) is 8.94. The first-order valence-corrected chi connectivity index (χ1v) is 8.94. The van der Waals surface area contributed by atoms with E-state index in [1.807, 2.05) is 24.4 Å². The van der Waals surface area contributed by atoms with Crippen LogP contribution in [0, 0.1) is 0 Å². The molecule has 4 aromatic rings. The number of rotatable bonds is 3. The van der Waals surface area contributed by atoms with Gasteiger partial charge in [-0.15, -0.1) is 0 Å². The van der Waals surface area contributed by atoms with Crippen LogP contribution < -0.4 is 5.56 Å². The molecule has 2 N–H and O–H groups in total. The zero-order valence-electron chi connectivity index (χ0n) is 14.6. The van der Waals surface area contributed by atoms with Gasteiger partial charge in [0.05, 0.1) is 11.3 Å². The third-order valence-electron chi connectivity index (χ3n) is 5.01. The normalized spacial score (nSPS) is 14.4. The highest BCUT2D eigenvalue weighted by Crippen LogP contribution is 2.22. The average molecular weight is 358 g/mol. The summed E-state index contributed by atoms with van der Waals surface area (Å²) in [6.45, 7) is 2.23. The molecule has 7 nitrogen and oxygen atoms in total. The van der Waals surface area contributed by atoms with Crippen LogP contribution in [0.2, 0.25) is 0 Å². The van der Waals surface area contributed by atoms with Crippen molar-refractivity contribution in [3.8, 4) is 11.4 Å². The smallest absolute Gasteiger partial charge is 0.255 e. The van der Waals surface area contributed by atoms with Crippen LogP contribution in [0.4, 0.5) is 0 Å². The number of nitrogens with zero attached hydrogens (tertiary/aromatic N) is 4. The maximum atomic E-state index is 12.7. The topological polar surface area (TPSA) is 90.6 Å². The third kappa shape index (κ3) is 2.92. The van der Waals surface area contributed by atoms with Crippen molar-refractivity contribution in [2.24, 2.45) is 0 Å². The Hall–Kier alpha value is -3.32. The maximum absolute atomic E-state index is 12.7. The Balaban J connectivity index is 1.42. The van der Waals surface area contributed by atoms with E-state index in [-0.39, 0.29) is 5.56 Å². The second-order valence-electron chi connectivity index (χ2n) is 6.76. The van der Waals surface area contributed by atoms with Gasteiger partial charge in [-0.2, -0.15) is 0 Å². The van der Waals surface area contributed by atoms with E-state index in [0.717, 1.165) is 47.4 Å². The van der Waals surface area contributed by atoms with Gasteiger partial charge in [-0.25, -0.2) is 9.97 Å². The number of nitrogens with one attached hydrogen (secondary N) is 2. The largest absolute Gasteiger partial charge is 0.346 e. The second-order valence-corrected chi connectivity index (χ2v) is 6.76. The molecule has 5 rings (SSSR count). The molecule has 0 saturated heterocycles. The van der Waals surface area contributed by atoms with Crippen LogP contribution in [0.1, 0.15) is 16.8 Å². The van der Waals surface area contributed by atoms with Gasteiger partial charge in [0, 0.05) is 61.8 Å². The van der Waals surface area contributed by atoms with Crippen LogP contribution >= 0.6 is 0 Å². The molecule has 0 bridgehead atoms. The molecular weight excluding hydrogens is 340 g/mol. The standard InChI is InChI=1S/C20H18N6O/c27-20-16-12-26(11-14-10-23-19-15(14)4-2-7-22-19)8-5-17(16)24-18(25-20)13-3-1-6-21-9-13/h1-4,6-7,9-10H,5,8,11-12H2,(H,22,23)(H,24,25,27). The third-order valence-corrected chi connectivity index (χ3v) is 5.01. The predicted molar refractivity (Wildman–Crippen MR) is 102 cm³/mol. The number of hydrogen-bond acceptors (Lipinski definition) is 5. The van der Waals surface area contributed by atoms with Crippen LogP contribution in [-0.2, 0) is 19.5 Å². The van der Waals surface area contributed by atoms with Gasteiger partial charge in [0.25, 0.3) is 5.56 Å². The molecule has 0 atom stereocenters. The zero-order valence-corrected chi connectivity index (χ0v) is 14.6. The molecule has 5 heterocycles. The molecule has 0 aromatic carbocycles. The molecule has 4 aromatic heterocycles. The van der Waals surface area contributed by atoms with Crippen LogP contribution in [0.5, 0.6) is 0 Å². The highest BCUT2D eigenvalue weighted by molar-refractivity contribution is 5.79. The Kier molecular flexibility index (Phi) is 3.79. The summed E-state index contributed by atoms with van der Waals surface area (Å²) < 4.78 is 0. The fraction of sp³-hybridized carbons (Fsp3) is 0.200. The summed E-state index contributed by atoms with van der Waals surface area (Å²) in [5.41, 5.74) is 4.49. The number of aromatic amines is 2. The highest BCUT2D eigenvalue weighted by Gasteiger charge is 2.22. The molecule has 0 fully saturated rings. The quantitative estimate of drug-likeness (QED) is 0.586. The van der Waals surface area contributed by atoms with E-state index in [0.29, 0.717) is 12.4 Å². The van der Waals surface area contributed by atoms with Gasteiger partial charge in [-0.05, 0) is 29.8 Å². The van der Waals surface area contributed by atoms with Crippen LogP contribution in [0.3, 0.4) is 0 Å². The zero-order chi connectivity index (χ0) is 18.2. The Morgan fingerprint density at radius 2 is 2.11 bits per heavy atom. The maximum Gasteiger partial charge on any atom is 0.255 e. The van der Waals surface area contributed by atoms with Gasteiger partial charge in [0.15, 0.2) is 0 Å². The lowest BCUT2D eigenvalue weighted by atomic mass is 10.1. The number of hydrogen-bond donors (Lipinski definition) is 2. The van der Waals surface area contributed by atoms with E-state index in [9.17, 15) is 4.79 Å². The molecule has 1 aliphatic heterocycles. The van der Waals surface area contributed by atoms with E-state index in [1.54, 1.807) is 18.6 Å². The molecule has 7 heteroatoms. The number of fused-ring (bicyclic) bond motifs is 2. The molecule has 0 spiro atoms. The van der Waals surface area contributed by atoms with E-state index >= 15 is 0 Å². The minimum absolute atomic E-state index is 0.0656. The summed E-state index contributed by atoms with van der Waals surface area (Å²) in [5.74, 6) is 0.586. The molecule has 134 valence electrons. The molecule has 0 saturated carbocycles. The van der Waals surface area contributed by atoms with Crippen molar-refractivity contribution in [2.75, 3.05) is 6.54 Å². The number of aromatic nitrogens is 5. The molecule has 1 aliphatic rings. The summed E-state index contributed by atoms with van der Waals surface area (Å²) in [7, 11) is 0. The monoisotopic (exact) mass is 358 g/mol.